The minimum Gasteiger partial charge on any atom is -0.287 e. The van der Waals surface area contributed by atoms with Crippen LogP contribution in [-0.4, -0.2) is 10.8 Å². The molecule has 1 heterocycles. The standard InChI is InChI=1S/C16H12ClNO/c17-14-9-8-12-6-7-13(16(19)15(12)18-14)10-11-4-2-1-3-5-11/h1-5,8-10H,6-7H2. The van der Waals surface area contributed by atoms with E-state index in [2.05, 4.69) is 4.98 Å². The van der Waals surface area contributed by atoms with E-state index in [4.69, 9.17) is 11.6 Å². The fourth-order valence-corrected chi connectivity index (χ4v) is 2.43. The first-order valence-electron chi connectivity index (χ1n) is 6.20. The molecular weight excluding hydrogens is 258 g/mol. The number of aromatic nitrogens is 1. The number of ketones is 1. The van der Waals surface area contributed by atoms with Crippen LogP contribution in [-0.2, 0) is 6.42 Å². The topological polar surface area (TPSA) is 30.0 Å². The molecule has 1 aliphatic rings. The summed E-state index contributed by atoms with van der Waals surface area (Å²) in [6.07, 6.45) is 3.53. The fourth-order valence-electron chi connectivity index (χ4n) is 2.29. The molecule has 0 fully saturated rings. The average Bonchev–Trinajstić information content (AvgIpc) is 2.44. The van der Waals surface area contributed by atoms with Crippen LogP contribution in [0, 0.1) is 0 Å². The maximum atomic E-state index is 12.4. The van der Waals surface area contributed by atoms with Crippen LogP contribution in [0.5, 0.6) is 0 Å². The second-order valence-electron chi connectivity index (χ2n) is 4.55. The van der Waals surface area contributed by atoms with E-state index in [0.717, 1.165) is 29.5 Å². The van der Waals surface area contributed by atoms with Crippen LogP contribution >= 0.6 is 11.6 Å². The number of halogens is 1. The molecule has 0 spiro atoms. The maximum Gasteiger partial charge on any atom is 0.207 e. The van der Waals surface area contributed by atoms with Gasteiger partial charge in [0.15, 0.2) is 0 Å². The molecule has 0 unspecified atom stereocenters. The zero-order valence-electron chi connectivity index (χ0n) is 10.3. The lowest BCUT2D eigenvalue weighted by atomic mass is 9.89. The third kappa shape index (κ3) is 2.45. The molecule has 0 radical (unpaired) electrons. The fraction of sp³-hybridized carbons (Fsp3) is 0.125. The SMILES string of the molecule is O=C1C(=Cc2ccccc2)CCc2ccc(Cl)nc21. The summed E-state index contributed by atoms with van der Waals surface area (Å²) in [5, 5.41) is 0.369. The van der Waals surface area contributed by atoms with Gasteiger partial charge in [-0.1, -0.05) is 48.0 Å². The molecule has 0 saturated carbocycles. The van der Waals surface area contributed by atoms with Crippen LogP contribution in [0.1, 0.15) is 28.0 Å². The van der Waals surface area contributed by atoms with Crippen molar-refractivity contribution in [2.24, 2.45) is 0 Å². The lowest BCUT2D eigenvalue weighted by molar-refractivity contribution is 0.102. The van der Waals surface area contributed by atoms with E-state index < -0.39 is 0 Å². The Morgan fingerprint density at radius 3 is 2.63 bits per heavy atom. The van der Waals surface area contributed by atoms with Crippen LogP contribution in [0.4, 0.5) is 0 Å². The van der Waals surface area contributed by atoms with Crippen LogP contribution in [0.3, 0.4) is 0 Å². The van der Waals surface area contributed by atoms with Crippen molar-refractivity contribution in [1.82, 2.24) is 4.98 Å². The molecule has 2 aromatic rings. The third-order valence-corrected chi connectivity index (χ3v) is 3.47. The predicted octanol–water partition coefficient (Wildman–Crippen LogP) is 3.95. The van der Waals surface area contributed by atoms with E-state index in [1.165, 1.54) is 0 Å². The van der Waals surface area contributed by atoms with Crippen LogP contribution in [0.2, 0.25) is 5.15 Å². The Morgan fingerprint density at radius 2 is 1.84 bits per heavy atom. The van der Waals surface area contributed by atoms with Crippen molar-refractivity contribution in [3.8, 4) is 0 Å². The zero-order chi connectivity index (χ0) is 13.2. The highest BCUT2D eigenvalue weighted by molar-refractivity contribution is 6.29. The molecular formula is C16H12ClNO. The second-order valence-corrected chi connectivity index (χ2v) is 4.94. The zero-order valence-corrected chi connectivity index (χ0v) is 11.0. The molecule has 0 aliphatic heterocycles. The summed E-state index contributed by atoms with van der Waals surface area (Å²) in [6, 6.07) is 13.5. The number of carbonyl (C=O) groups is 1. The van der Waals surface area contributed by atoms with E-state index in [9.17, 15) is 4.79 Å². The van der Waals surface area contributed by atoms with Crippen molar-refractivity contribution >= 4 is 23.5 Å². The van der Waals surface area contributed by atoms with Gasteiger partial charge >= 0.3 is 0 Å². The monoisotopic (exact) mass is 269 g/mol. The van der Waals surface area contributed by atoms with Gasteiger partial charge in [-0.2, -0.15) is 0 Å². The number of fused-ring (bicyclic) bond motifs is 1. The Labute approximate surface area is 116 Å². The van der Waals surface area contributed by atoms with Crippen LogP contribution < -0.4 is 0 Å². The number of carbonyl (C=O) groups excluding carboxylic acids is 1. The largest absolute Gasteiger partial charge is 0.287 e. The first-order chi connectivity index (χ1) is 9.24. The summed E-state index contributed by atoms with van der Waals surface area (Å²) in [5.41, 5.74) is 3.32. The lowest BCUT2D eigenvalue weighted by Gasteiger charge is -2.16. The number of hydrogen-bond donors (Lipinski definition) is 0. The average molecular weight is 270 g/mol. The number of aryl methyl sites for hydroxylation is 1. The van der Waals surface area contributed by atoms with E-state index >= 15 is 0 Å². The normalized spacial score (nSPS) is 16.5. The molecule has 0 saturated heterocycles. The Morgan fingerprint density at radius 1 is 1.05 bits per heavy atom. The van der Waals surface area contributed by atoms with Gasteiger partial charge in [0.2, 0.25) is 5.78 Å². The molecule has 0 bridgehead atoms. The molecule has 19 heavy (non-hydrogen) atoms. The van der Waals surface area contributed by atoms with Gasteiger partial charge in [0.25, 0.3) is 0 Å². The van der Waals surface area contributed by atoms with Crippen molar-refractivity contribution < 1.29 is 4.79 Å². The smallest absolute Gasteiger partial charge is 0.207 e. The van der Waals surface area contributed by atoms with Gasteiger partial charge in [-0.25, -0.2) is 4.98 Å². The van der Waals surface area contributed by atoms with Gasteiger partial charge in [0.05, 0.1) is 0 Å². The van der Waals surface area contributed by atoms with Crippen LogP contribution in [0.15, 0.2) is 48.0 Å². The molecule has 3 rings (SSSR count). The summed E-state index contributed by atoms with van der Waals surface area (Å²) in [5.74, 6) is -0.00685. The minimum absolute atomic E-state index is 0.00685. The van der Waals surface area contributed by atoms with Crippen molar-refractivity contribution in [3.05, 3.63) is 70.0 Å². The summed E-state index contributed by atoms with van der Waals surface area (Å²) in [6.45, 7) is 0. The molecule has 1 aromatic heterocycles. The molecule has 0 N–H and O–H groups in total. The Bertz CT molecular complexity index is 662. The van der Waals surface area contributed by atoms with Crippen molar-refractivity contribution in [1.29, 1.82) is 0 Å². The minimum atomic E-state index is -0.00685. The number of pyridine rings is 1. The first-order valence-corrected chi connectivity index (χ1v) is 6.57. The van der Waals surface area contributed by atoms with E-state index in [-0.39, 0.29) is 5.78 Å². The van der Waals surface area contributed by atoms with Crippen molar-refractivity contribution in [2.75, 3.05) is 0 Å². The highest BCUT2D eigenvalue weighted by Crippen LogP contribution is 2.26. The number of nitrogens with zero attached hydrogens (tertiary/aromatic N) is 1. The number of allylic oxidation sites excluding steroid dienone is 1. The van der Waals surface area contributed by atoms with E-state index in [1.807, 2.05) is 42.5 Å². The molecule has 0 amide bonds. The number of benzene rings is 1. The van der Waals surface area contributed by atoms with Gasteiger partial charge in [-0.05, 0) is 36.1 Å². The first kappa shape index (κ1) is 12.1. The number of hydrogen-bond acceptors (Lipinski definition) is 2. The van der Waals surface area contributed by atoms with Gasteiger partial charge in [-0.3, -0.25) is 4.79 Å². The molecule has 1 aromatic carbocycles. The lowest BCUT2D eigenvalue weighted by Crippen LogP contribution is -2.16. The summed E-state index contributed by atoms with van der Waals surface area (Å²) in [4.78, 5) is 16.5. The predicted molar refractivity (Wildman–Crippen MR) is 76.3 cm³/mol. The second kappa shape index (κ2) is 4.98. The molecule has 2 nitrogen and oxygen atoms in total. The third-order valence-electron chi connectivity index (χ3n) is 3.26. The van der Waals surface area contributed by atoms with Crippen molar-refractivity contribution in [3.63, 3.8) is 0 Å². The molecule has 0 atom stereocenters. The summed E-state index contributed by atoms with van der Waals surface area (Å²) in [7, 11) is 0. The number of rotatable bonds is 1. The highest BCUT2D eigenvalue weighted by atomic mass is 35.5. The quantitative estimate of drug-likeness (QED) is 0.580. The summed E-state index contributed by atoms with van der Waals surface area (Å²) < 4.78 is 0. The van der Waals surface area contributed by atoms with E-state index in [1.54, 1.807) is 6.07 Å². The molecule has 3 heteroatoms. The molecule has 1 aliphatic carbocycles. The molecule has 94 valence electrons. The Kier molecular flexibility index (Phi) is 3.18. The van der Waals surface area contributed by atoms with Crippen LogP contribution in [0.25, 0.3) is 6.08 Å². The Hall–Kier alpha value is -1.93. The summed E-state index contributed by atoms with van der Waals surface area (Å²) >= 11 is 5.87. The number of Topliss-reactive ketones (excluding diaryl/α,β-unsaturated/α-hetero) is 1. The van der Waals surface area contributed by atoms with Gasteiger partial charge in [0, 0.05) is 5.57 Å². The van der Waals surface area contributed by atoms with Gasteiger partial charge in [0.1, 0.15) is 10.8 Å². The van der Waals surface area contributed by atoms with E-state index in [0.29, 0.717) is 10.8 Å². The van der Waals surface area contributed by atoms with Gasteiger partial charge in [-0.15, -0.1) is 0 Å². The Balaban J connectivity index is 2.00. The highest BCUT2D eigenvalue weighted by Gasteiger charge is 2.23. The van der Waals surface area contributed by atoms with Crippen molar-refractivity contribution in [2.45, 2.75) is 12.8 Å². The maximum absolute atomic E-state index is 12.4. The van der Waals surface area contributed by atoms with Gasteiger partial charge < -0.3 is 0 Å².